The molecule has 2 aromatic heterocycles. The second kappa shape index (κ2) is 7.18. The van der Waals surface area contributed by atoms with Gasteiger partial charge in [-0.15, -0.1) is 0 Å². The molecule has 0 spiro atoms. The van der Waals surface area contributed by atoms with Crippen molar-refractivity contribution in [1.29, 1.82) is 0 Å². The first-order chi connectivity index (χ1) is 11.1. The van der Waals surface area contributed by atoms with E-state index in [9.17, 15) is 0 Å². The first-order valence-electron chi connectivity index (χ1n) is 7.87. The highest BCUT2D eigenvalue weighted by Gasteiger charge is 2.18. The number of nitrogens with zero attached hydrogens (tertiary/aromatic N) is 1. The van der Waals surface area contributed by atoms with Crippen LogP contribution in [0.25, 0.3) is 22.4 Å². The van der Waals surface area contributed by atoms with Crippen molar-refractivity contribution >= 4 is 0 Å². The molecule has 1 N–H and O–H groups in total. The Morgan fingerprint density at radius 3 is 2.22 bits per heavy atom. The quantitative estimate of drug-likeness (QED) is 0.714. The molecule has 2 heterocycles. The molecule has 4 nitrogen and oxygen atoms in total. The SMILES string of the molecule is CC.COc1ccc(-c2cc(C)[nH]c2-c2c(C)noc2C)cc1. The molecule has 0 fully saturated rings. The number of aromatic nitrogens is 2. The summed E-state index contributed by atoms with van der Waals surface area (Å²) >= 11 is 0. The van der Waals surface area contributed by atoms with Crippen molar-refractivity contribution in [3.05, 3.63) is 47.5 Å². The summed E-state index contributed by atoms with van der Waals surface area (Å²) in [6, 6.07) is 10.2. The van der Waals surface area contributed by atoms with Crippen molar-refractivity contribution in [1.82, 2.24) is 10.1 Å². The average molecular weight is 312 g/mol. The summed E-state index contributed by atoms with van der Waals surface area (Å²) in [5, 5.41) is 4.05. The van der Waals surface area contributed by atoms with Crippen molar-refractivity contribution in [3.63, 3.8) is 0 Å². The molecule has 23 heavy (non-hydrogen) atoms. The van der Waals surface area contributed by atoms with Crippen LogP contribution in [0.3, 0.4) is 0 Å². The molecule has 0 atom stereocenters. The molecule has 4 heteroatoms. The number of rotatable bonds is 3. The van der Waals surface area contributed by atoms with E-state index in [-0.39, 0.29) is 0 Å². The number of benzene rings is 1. The summed E-state index contributed by atoms with van der Waals surface area (Å²) in [4.78, 5) is 3.42. The third-order valence-corrected chi connectivity index (χ3v) is 3.64. The fraction of sp³-hybridized carbons (Fsp3) is 0.316. The molecule has 3 rings (SSSR count). The van der Waals surface area contributed by atoms with Crippen LogP contribution in [0.4, 0.5) is 0 Å². The number of H-pyrrole nitrogens is 1. The van der Waals surface area contributed by atoms with E-state index < -0.39 is 0 Å². The Balaban J connectivity index is 0.000000924. The maximum Gasteiger partial charge on any atom is 0.143 e. The third kappa shape index (κ3) is 3.31. The summed E-state index contributed by atoms with van der Waals surface area (Å²) in [6.45, 7) is 9.94. The molecule has 0 bridgehead atoms. The number of nitrogens with one attached hydrogen (secondary N) is 1. The zero-order valence-electron chi connectivity index (χ0n) is 14.7. The highest BCUT2D eigenvalue weighted by molar-refractivity contribution is 5.83. The predicted molar refractivity (Wildman–Crippen MR) is 93.8 cm³/mol. The van der Waals surface area contributed by atoms with Crippen LogP contribution in [0.5, 0.6) is 5.75 Å². The Morgan fingerprint density at radius 2 is 1.70 bits per heavy atom. The van der Waals surface area contributed by atoms with Crippen molar-refractivity contribution in [2.45, 2.75) is 34.6 Å². The van der Waals surface area contributed by atoms with Crippen LogP contribution >= 0.6 is 0 Å². The van der Waals surface area contributed by atoms with Gasteiger partial charge in [-0.25, -0.2) is 0 Å². The molecule has 0 saturated carbocycles. The van der Waals surface area contributed by atoms with Crippen LogP contribution in [0.1, 0.15) is 31.0 Å². The number of aryl methyl sites for hydroxylation is 3. The molecule has 0 unspecified atom stereocenters. The minimum atomic E-state index is 0.823. The molecule has 0 saturated heterocycles. The topological polar surface area (TPSA) is 51.0 Å². The van der Waals surface area contributed by atoms with Gasteiger partial charge in [0.2, 0.25) is 0 Å². The molecule has 0 aliphatic rings. The van der Waals surface area contributed by atoms with Crippen LogP contribution in [-0.4, -0.2) is 17.3 Å². The maximum absolute atomic E-state index is 5.30. The monoisotopic (exact) mass is 312 g/mol. The van der Waals surface area contributed by atoms with Crippen molar-refractivity contribution in [2.24, 2.45) is 0 Å². The average Bonchev–Trinajstić information content (AvgIpc) is 3.11. The normalized spacial score (nSPS) is 10.2. The van der Waals surface area contributed by atoms with Crippen LogP contribution in [0, 0.1) is 20.8 Å². The summed E-state index contributed by atoms with van der Waals surface area (Å²) in [7, 11) is 1.67. The lowest BCUT2D eigenvalue weighted by Crippen LogP contribution is -1.87. The number of hydrogen-bond donors (Lipinski definition) is 1. The molecule has 122 valence electrons. The van der Waals surface area contributed by atoms with E-state index in [0.29, 0.717) is 0 Å². The van der Waals surface area contributed by atoms with Gasteiger partial charge < -0.3 is 14.2 Å². The third-order valence-electron chi connectivity index (χ3n) is 3.64. The van der Waals surface area contributed by atoms with Gasteiger partial charge in [-0.3, -0.25) is 0 Å². The van der Waals surface area contributed by atoms with Crippen LogP contribution < -0.4 is 4.74 Å². The minimum absolute atomic E-state index is 0.823. The fourth-order valence-corrected chi connectivity index (χ4v) is 2.62. The van der Waals surface area contributed by atoms with Crippen molar-refractivity contribution in [3.8, 4) is 28.1 Å². The van der Waals surface area contributed by atoms with E-state index in [1.165, 1.54) is 0 Å². The Morgan fingerprint density at radius 1 is 1.04 bits per heavy atom. The second-order valence-electron chi connectivity index (χ2n) is 5.17. The number of aromatic amines is 1. The Labute approximate surface area is 137 Å². The van der Waals surface area contributed by atoms with Gasteiger partial charge in [-0.05, 0) is 44.5 Å². The minimum Gasteiger partial charge on any atom is -0.497 e. The molecule has 3 aromatic rings. The van der Waals surface area contributed by atoms with E-state index in [4.69, 9.17) is 9.26 Å². The molecule has 0 aliphatic carbocycles. The second-order valence-corrected chi connectivity index (χ2v) is 5.17. The summed E-state index contributed by atoms with van der Waals surface area (Å²) < 4.78 is 10.5. The van der Waals surface area contributed by atoms with E-state index in [2.05, 4.69) is 35.3 Å². The molecular weight excluding hydrogens is 288 g/mol. The fourth-order valence-electron chi connectivity index (χ4n) is 2.62. The summed E-state index contributed by atoms with van der Waals surface area (Å²) in [5.74, 6) is 1.68. The van der Waals surface area contributed by atoms with E-state index in [0.717, 1.165) is 45.3 Å². The smallest absolute Gasteiger partial charge is 0.143 e. The van der Waals surface area contributed by atoms with E-state index >= 15 is 0 Å². The van der Waals surface area contributed by atoms with Gasteiger partial charge in [0.15, 0.2) is 0 Å². The molecule has 1 aromatic carbocycles. The summed E-state index contributed by atoms with van der Waals surface area (Å²) in [6.07, 6.45) is 0. The zero-order valence-corrected chi connectivity index (χ0v) is 14.7. The van der Waals surface area contributed by atoms with Gasteiger partial charge in [0.25, 0.3) is 0 Å². The van der Waals surface area contributed by atoms with E-state index in [1.807, 2.05) is 39.8 Å². The van der Waals surface area contributed by atoms with E-state index in [1.54, 1.807) is 7.11 Å². The molecule has 0 radical (unpaired) electrons. The Bertz CT molecular complexity index is 748. The zero-order chi connectivity index (χ0) is 17.0. The lowest BCUT2D eigenvalue weighted by Gasteiger charge is -2.05. The largest absolute Gasteiger partial charge is 0.497 e. The highest BCUT2D eigenvalue weighted by atomic mass is 16.5. The maximum atomic E-state index is 5.30. The van der Waals surface area contributed by atoms with Gasteiger partial charge >= 0.3 is 0 Å². The number of ether oxygens (including phenoxy) is 1. The van der Waals surface area contributed by atoms with Crippen LogP contribution in [-0.2, 0) is 0 Å². The molecule has 0 amide bonds. The highest BCUT2D eigenvalue weighted by Crippen LogP contribution is 2.36. The molecular formula is C19H24N2O2. The van der Waals surface area contributed by atoms with Crippen molar-refractivity contribution < 1.29 is 9.26 Å². The number of hydrogen-bond acceptors (Lipinski definition) is 3. The number of methoxy groups -OCH3 is 1. The van der Waals surface area contributed by atoms with Crippen LogP contribution in [0.2, 0.25) is 0 Å². The predicted octanol–water partition coefficient (Wildman–Crippen LogP) is 5.30. The first kappa shape index (κ1) is 16.9. The van der Waals surface area contributed by atoms with Gasteiger partial charge in [-0.1, -0.05) is 31.1 Å². The van der Waals surface area contributed by atoms with Gasteiger partial charge in [-0.2, -0.15) is 0 Å². The first-order valence-corrected chi connectivity index (χ1v) is 7.87. The van der Waals surface area contributed by atoms with Crippen LogP contribution in [0.15, 0.2) is 34.9 Å². The van der Waals surface area contributed by atoms with Gasteiger partial charge in [0.1, 0.15) is 11.5 Å². The Hall–Kier alpha value is -2.49. The standard InChI is InChI=1S/C17H18N2O2.C2H6/c1-10-9-15(13-5-7-14(20-4)8-6-13)17(18-10)16-11(2)19-21-12(16)3;1-2/h5-9,18H,1-4H3;1-2H3. The van der Waals surface area contributed by atoms with Gasteiger partial charge in [0.05, 0.1) is 24.1 Å². The van der Waals surface area contributed by atoms with Gasteiger partial charge in [0, 0.05) is 11.3 Å². The lowest BCUT2D eigenvalue weighted by atomic mass is 10.0. The summed E-state index contributed by atoms with van der Waals surface area (Å²) in [5.41, 5.74) is 6.36. The Kier molecular flexibility index (Phi) is 5.27. The van der Waals surface area contributed by atoms with Crippen molar-refractivity contribution in [2.75, 3.05) is 7.11 Å². The lowest BCUT2D eigenvalue weighted by molar-refractivity contribution is 0.393. The molecule has 0 aliphatic heterocycles.